The number of hydrogen-bond donors (Lipinski definition) is 4. The Balaban J connectivity index is 0. The Morgan fingerprint density at radius 1 is 0.824 bits per heavy atom. The van der Waals surface area contributed by atoms with Crippen LogP contribution in [-0.4, -0.2) is 70.7 Å². The predicted molar refractivity (Wildman–Crippen MR) is 62.3 cm³/mol. The summed E-state index contributed by atoms with van der Waals surface area (Å²) < 4.78 is 22.2. The highest BCUT2D eigenvalue weighted by atomic mass is 31.3. The first-order chi connectivity index (χ1) is 7.33. The van der Waals surface area contributed by atoms with E-state index in [9.17, 15) is 9.13 Å². The van der Waals surface area contributed by atoms with E-state index in [0.29, 0.717) is 0 Å². The highest BCUT2D eigenvalue weighted by Crippen LogP contribution is 2.53. The van der Waals surface area contributed by atoms with Crippen LogP contribution in [0.5, 0.6) is 0 Å². The SMILES string of the molecule is CN(C)CCN(C)C.O=P(O)(O)OP(=O)(O)O. The number of phosphoric acid groups is 2. The smallest absolute Gasteiger partial charge is 0.308 e. The quantitative estimate of drug-likeness (QED) is 0.486. The van der Waals surface area contributed by atoms with Crippen LogP contribution in [0.3, 0.4) is 0 Å². The molecule has 0 heterocycles. The molecule has 0 aliphatic carbocycles. The molecule has 0 atom stereocenters. The molecule has 0 aliphatic rings. The zero-order chi connectivity index (χ0) is 14.3. The molecule has 0 spiro atoms. The van der Waals surface area contributed by atoms with E-state index in [1.807, 2.05) is 0 Å². The van der Waals surface area contributed by atoms with E-state index in [-0.39, 0.29) is 0 Å². The molecule has 106 valence electrons. The zero-order valence-electron chi connectivity index (χ0n) is 10.2. The Bertz CT molecular complexity index is 256. The van der Waals surface area contributed by atoms with Gasteiger partial charge in [0.25, 0.3) is 0 Å². The molecule has 0 radical (unpaired) electrons. The Hall–Kier alpha value is 0.180. The molecule has 0 aliphatic heterocycles. The van der Waals surface area contributed by atoms with Crippen LogP contribution >= 0.6 is 15.6 Å². The fourth-order valence-electron chi connectivity index (χ4n) is 0.539. The Morgan fingerprint density at radius 2 is 1.06 bits per heavy atom. The van der Waals surface area contributed by atoms with Crippen LogP contribution in [0.4, 0.5) is 0 Å². The van der Waals surface area contributed by atoms with E-state index in [1.165, 1.54) is 0 Å². The van der Waals surface area contributed by atoms with Gasteiger partial charge in [-0.1, -0.05) is 0 Å². The van der Waals surface area contributed by atoms with Gasteiger partial charge in [0, 0.05) is 13.1 Å². The largest absolute Gasteiger partial charge is 0.478 e. The van der Waals surface area contributed by atoms with Crippen LogP contribution in [0.2, 0.25) is 0 Å². The maximum absolute atomic E-state index is 9.63. The molecule has 9 nitrogen and oxygen atoms in total. The third-order valence-corrected chi connectivity index (χ3v) is 2.91. The van der Waals surface area contributed by atoms with Crippen LogP contribution in [-0.2, 0) is 13.4 Å². The van der Waals surface area contributed by atoms with Crippen LogP contribution in [0.25, 0.3) is 0 Å². The van der Waals surface area contributed by atoms with Crippen molar-refractivity contribution in [2.75, 3.05) is 41.3 Å². The lowest BCUT2D eigenvalue weighted by Gasteiger charge is -2.13. The van der Waals surface area contributed by atoms with Gasteiger partial charge in [0.2, 0.25) is 0 Å². The molecule has 0 aromatic carbocycles. The second kappa shape index (κ2) is 8.31. The number of rotatable bonds is 5. The van der Waals surface area contributed by atoms with E-state index in [1.54, 1.807) is 0 Å². The van der Waals surface area contributed by atoms with Crippen LogP contribution < -0.4 is 0 Å². The third-order valence-electron chi connectivity index (χ3n) is 1.21. The molecule has 0 bridgehead atoms. The van der Waals surface area contributed by atoms with Crippen molar-refractivity contribution < 1.29 is 33.0 Å². The predicted octanol–water partition coefficient (Wildman–Crippen LogP) is -0.702. The Labute approximate surface area is 100 Å². The van der Waals surface area contributed by atoms with Crippen molar-refractivity contribution in [3.8, 4) is 0 Å². The Kier molecular flexibility index (Phi) is 9.54. The van der Waals surface area contributed by atoms with Gasteiger partial charge in [-0.25, -0.2) is 9.13 Å². The van der Waals surface area contributed by atoms with Gasteiger partial charge in [0.15, 0.2) is 0 Å². The maximum atomic E-state index is 9.63. The summed E-state index contributed by atoms with van der Waals surface area (Å²) in [5, 5.41) is 0. The standard InChI is InChI=1S/C6H16N2.H4O7P2/c1-7(2)5-6-8(3)4;1-8(2,3)7-9(4,5)6/h5-6H2,1-4H3;(H2,1,2,3)(H2,4,5,6). The van der Waals surface area contributed by atoms with Gasteiger partial charge in [0.05, 0.1) is 0 Å². The molecule has 0 rings (SSSR count). The lowest BCUT2D eigenvalue weighted by Crippen LogP contribution is -2.25. The van der Waals surface area contributed by atoms with Crippen molar-refractivity contribution in [1.82, 2.24) is 9.80 Å². The van der Waals surface area contributed by atoms with E-state index in [4.69, 9.17) is 19.6 Å². The van der Waals surface area contributed by atoms with E-state index in [0.717, 1.165) is 13.1 Å². The first-order valence-corrected chi connectivity index (χ1v) is 7.51. The molecule has 4 N–H and O–H groups in total. The van der Waals surface area contributed by atoms with Gasteiger partial charge in [0.1, 0.15) is 0 Å². The number of hydrogen-bond acceptors (Lipinski definition) is 5. The molecule has 0 aromatic heterocycles. The van der Waals surface area contributed by atoms with Crippen LogP contribution in [0.15, 0.2) is 0 Å². The van der Waals surface area contributed by atoms with Gasteiger partial charge in [-0.3, -0.25) is 0 Å². The maximum Gasteiger partial charge on any atom is 0.478 e. The normalized spacial score (nSPS) is 12.6. The zero-order valence-corrected chi connectivity index (χ0v) is 12.0. The fraction of sp³-hybridized carbons (Fsp3) is 1.00. The first kappa shape index (κ1) is 19.5. The molecule has 0 saturated heterocycles. The minimum absolute atomic E-state index is 1.15. The molecular weight excluding hydrogens is 274 g/mol. The van der Waals surface area contributed by atoms with Crippen molar-refractivity contribution in [2.24, 2.45) is 0 Å². The Morgan fingerprint density at radius 3 is 1.12 bits per heavy atom. The molecule has 0 unspecified atom stereocenters. The molecular formula is C6H20N2O7P2. The van der Waals surface area contributed by atoms with Crippen molar-refractivity contribution in [2.45, 2.75) is 0 Å². The summed E-state index contributed by atoms with van der Waals surface area (Å²) >= 11 is 0. The fourth-order valence-corrected chi connectivity index (χ4v) is 1.65. The molecule has 0 aromatic rings. The van der Waals surface area contributed by atoms with Crippen molar-refractivity contribution in [3.63, 3.8) is 0 Å². The van der Waals surface area contributed by atoms with Crippen LogP contribution in [0.1, 0.15) is 0 Å². The average Bonchev–Trinajstić information content (AvgIpc) is 1.94. The molecule has 0 fully saturated rings. The van der Waals surface area contributed by atoms with Gasteiger partial charge < -0.3 is 29.4 Å². The topological polar surface area (TPSA) is 131 Å². The van der Waals surface area contributed by atoms with Crippen LogP contribution in [0, 0.1) is 0 Å². The summed E-state index contributed by atoms with van der Waals surface area (Å²) in [6, 6.07) is 0. The summed E-state index contributed by atoms with van der Waals surface area (Å²) in [5.41, 5.74) is 0. The molecule has 17 heavy (non-hydrogen) atoms. The second-order valence-electron chi connectivity index (χ2n) is 3.67. The summed E-state index contributed by atoms with van der Waals surface area (Å²) in [5.74, 6) is 0. The monoisotopic (exact) mass is 294 g/mol. The van der Waals surface area contributed by atoms with Gasteiger partial charge in [-0.15, -0.1) is 0 Å². The first-order valence-electron chi connectivity index (χ1n) is 4.45. The number of likely N-dealkylation sites (N-methyl/N-ethyl adjacent to an activating group) is 2. The van der Waals surface area contributed by atoms with Gasteiger partial charge in [-0.2, -0.15) is 4.31 Å². The highest BCUT2D eigenvalue weighted by molar-refractivity contribution is 7.60. The van der Waals surface area contributed by atoms with Crippen molar-refractivity contribution in [3.05, 3.63) is 0 Å². The third kappa shape index (κ3) is 26.0. The highest BCUT2D eigenvalue weighted by Gasteiger charge is 2.27. The summed E-state index contributed by atoms with van der Waals surface area (Å²) in [4.78, 5) is 35.4. The average molecular weight is 294 g/mol. The summed E-state index contributed by atoms with van der Waals surface area (Å²) in [6.45, 7) is 2.29. The lowest BCUT2D eigenvalue weighted by atomic mass is 10.5. The molecule has 0 saturated carbocycles. The van der Waals surface area contributed by atoms with Crippen molar-refractivity contribution in [1.29, 1.82) is 0 Å². The van der Waals surface area contributed by atoms with E-state index >= 15 is 0 Å². The van der Waals surface area contributed by atoms with Gasteiger partial charge in [-0.05, 0) is 28.2 Å². The lowest BCUT2D eigenvalue weighted by molar-refractivity contribution is 0.225. The number of nitrogens with zero attached hydrogens (tertiary/aromatic N) is 2. The summed E-state index contributed by atoms with van der Waals surface area (Å²) in [6.07, 6.45) is 0. The second-order valence-corrected chi connectivity index (χ2v) is 6.28. The van der Waals surface area contributed by atoms with E-state index in [2.05, 4.69) is 42.3 Å². The van der Waals surface area contributed by atoms with Gasteiger partial charge >= 0.3 is 15.6 Å². The molecule has 11 heteroatoms. The van der Waals surface area contributed by atoms with Crippen molar-refractivity contribution >= 4 is 15.6 Å². The minimum atomic E-state index is -5.05. The summed E-state index contributed by atoms with van der Waals surface area (Å²) in [7, 11) is -1.75. The minimum Gasteiger partial charge on any atom is -0.308 e. The molecule has 0 amide bonds. The van der Waals surface area contributed by atoms with E-state index < -0.39 is 15.6 Å².